The molecule has 0 saturated heterocycles. The van der Waals surface area contributed by atoms with Crippen LogP contribution in [0.15, 0.2) is 30.6 Å². The van der Waals surface area contributed by atoms with Gasteiger partial charge in [0, 0.05) is 25.8 Å². The van der Waals surface area contributed by atoms with Gasteiger partial charge in [-0.25, -0.2) is 15.0 Å². The Morgan fingerprint density at radius 2 is 2.00 bits per heavy atom. The van der Waals surface area contributed by atoms with Gasteiger partial charge in [0.05, 0.1) is 15.2 Å². The third-order valence-electron chi connectivity index (χ3n) is 2.88. The second-order valence-electron chi connectivity index (χ2n) is 4.70. The molecule has 0 aliphatic rings. The van der Waals surface area contributed by atoms with Crippen molar-refractivity contribution in [2.75, 3.05) is 24.3 Å². The first-order valence-corrected chi connectivity index (χ1v) is 7.07. The third kappa shape index (κ3) is 2.55. The predicted molar refractivity (Wildman–Crippen MR) is 84.0 cm³/mol. The molecule has 102 valence electrons. The van der Waals surface area contributed by atoms with Crippen molar-refractivity contribution in [3.8, 4) is 0 Å². The summed E-state index contributed by atoms with van der Waals surface area (Å²) < 4.78 is 1.20. The van der Waals surface area contributed by atoms with Gasteiger partial charge < -0.3 is 10.2 Å². The van der Waals surface area contributed by atoms with Gasteiger partial charge in [0.15, 0.2) is 0 Å². The Bertz CT molecular complexity index is 750. The number of anilines is 3. The Labute approximate surface area is 121 Å². The molecule has 0 saturated carbocycles. The van der Waals surface area contributed by atoms with E-state index in [9.17, 15) is 0 Å². The van der Waals surface area contributed by atoms with Crippen LogP contribution in [-0.2, 0) is 0 Å². The molecule has 0 fully saturated rings. The zero-order chi connectivity index (χ0) is 14.1. The van der Waals surface area contributed by atoms with Crippen molar-refractivity contribution in [2.24, 2.45) is 0 Å². The zero-order valence-electron chi connectivity index (χ0n) is 11.6. The normalized spacial score (nSPS) is 10.8. The van der Waals surface area contributed by atoms with Crippen LogP contribution in [0.3, 0.4) is 0 Å². The molecule has 0 unspecified atom stereocenters. The van der Waals surface area contributed by atoms with Crippen LogP contribution in [-0.4, -0.2) is 29.0 Å². The summed E-state index contributed by atoms with van der Waals surface area (Å²) in [6.07, 6.45) is 1.56. The lowest BCUT2D eigenvalue weighted by Gasteiger charge is -2.12. The number of hydrogen-bond donors (Lipinski definition) is 1. The average molecular weight is 285 g/mol. The minimum absolute atomic E-state index is 0.773. The van der Waals surface area contributed by atoms with E-state index in [1.54, 1.807) is 17.7 Å². The number of fused-ring (bicyclic) bond motifs is 1. The van der Waals surface area contributed by atoms with E-state index in [-0.39, 0.29) is 0 Å². The highest BCUT2D eigenvalue weighted by atomic mass is 32.1. The lowest BCUT2D eigenvalue weighted by molar-refractivity contribution is 1.04. The molecule has 3 aromatic rings. The molecule has 6 heteroatoms. The van der Waals surface area contributed by atoms with Gasteiger partial charge in [-0.05, 0) is 25.1 Å². The Balaban J connectivity index is 1.90. The first-order chi connectivity index (χ1) is 9.61. The topological polar surface area (TPSA) is 53.9 Å². The van der Waals surface area contributed by atoms with Crippen molar-refractivity contribution in [1.82, 2.24) is 15.0 Å². The number of rotatable bonds is 3. The maximum Gasteiger partial charge on any atom is 0.135 e. The number of nitrogens with zero attached hydrogens (tertiary/aromatic N) is 4. The van der Waals surface area contributed by atoms with Crippen molar-refractivity contribution < 1.29 is 0 Å². The Morgan fingerprint density at radius 3 is 2.80 bits per heavy atom. The minimum Gasteiger partial charge on any atom is -0.363 e. The number of thiazole rings is 1. The second-order valence-corrected chi connectivity index (χ2v) is 5.93. The minimum atomic E-state index is 0.773. The van der Waals surface area contributed by atoms with Gasteiger partial charge in [0.25, 0.3) is 0 Å². The monoisotopic (exact) mass is 285 g/mol. The molecule has 2 heterocycles. The molecule has 3 rings (SSSR count). The molecular weight excluding hydrogens is 270 g/mol. The van der Waals surface area contributed by atoms with Gasteiger partial charge >= 0.3 is 0 Å². The Hall–Kier alpha value is -2.21. The fourth-order valence-corrected chi connectivity index (χ4v) is 2.74. The predicted octanol–water partition coefficient (Wildman–Crippen LogP) is 3.20. The van der Waals surface area contributed by atoms with E-state index in [0.717, 1.165) is 27.8 Å². The van der Waals surface area contributed by atoms with E-state index in [1.807, 2.05) is 44.1 Å². The van der Waals surface area contributed by atoms with Gasteiger partial charge in [0.2, 0.25) is 0 Å². The molecule has 0 amide bonds. The number of benzene rings is 1. The van der Waals surface area contributed by atoms with Crippen molar-refractivity contribution in [1.29, 1.82) is 0 Å². The maximum atomic E-state index is 4.50. The Kier molecular flexibility index (Phi) is 3.23. The summed E-state index contributed by atoms with van der Waals surface area (Å²) >= 11 is 1.70. The van der Waals surface area contributed by atoms with Crippen molar-refractivity contribution in [2.45, 2.75) is 6.92 Å². The molecule has 20 heavy (non-hydrogen) atoms. The zero-order valence-corrected chi connectivity index (χ0v) is 12.4. The highest BCUT2D eigenvalue weighted by molar-refractivity contribution is 7.18. The standard InChI is InChI=1S/C14H15N5S/c1-9-17-11-6-10(4-5-12(11)20-9)18-13-7-14(19(2)3)16-8-15-13/h4-8H,1-3H3,(H,15,16,18). The summed E-state index contributed by atoms with van der Waals surface area (Å²) in [4.78, 5) is 14.9. The highest BCUT2D eigenvalue weighted by Gasteiger charge is 2.04. The first kappa shape index (κ1) is 12.8. The molecule has 1 aromatic carbocycles. The second kappa shape index (κ2) is 5.05. The van der Waals surface area contributed by atoms with Crippen LogP contribution in [0.2, 0.25) is 0 Å². The summed E-state index contributed by atoms with van der Waals surface area (Å²) in [6, 6.07) is 8.07. The summed E-state index contributed by atoms with van der Waals surface area (Å²) in [5, 5.41) is 4.37. The fraction of sp³-hybridized carbons (Fsp3) is 0.214. The van der Waals surface area contributed by atoms with Crippen molar-refractivity contribution >= 4 is 38.9 Å². The fourth-order valence-electron chi connectivity index (χ4n) is 1.93. The number of aromatic nitrogens is 3. The lowest BCUT2D eigenvalue weighted by Crippen LogP contribution is -2.11. The van der Waals surface area contributed by atoms with E-state index in [1.165, 1.54) is 4.70 Å². The van der Waals surface area contributed by atoms with E-state index < -0.39 is 0 Å². The van der Waals surface area contributed by atoms with Gasteiger partial charge in [-0.15, -0.1) is 11.3 Å². The van der Waals surface area contributed by atoms with Crippen LogP contribution < -0.4 is 10.2 Å². The van der Waals surface area contributed by atoms with E-state index in [0.29, 0.717) is 0 Å². The van der Waals surface area contributed by atoms with Crippen LogP contribution in [0.4, 0.5) is 17.3 Å². The van der Waals surface area contributed by atoms with Gasteiger partial charge in [-0.2, -0.15) is 0 Å². The van der Waals surface area contributed by atoms with E-state index in [2.05, 4.69) is 26.3 Å². The lowest BCUT2D eigenvalue weighted by atomic mass is 10.3. The SMILES string of the molecule is Cc1nc2cc(Nc3cc(N(C)C)ncn3)ccc2s1. The van der Waals surface area contributed by atoms with Crippen molar-refractivity contribution in [3.05, 3.63) is 35.6 Å². The molecule has 0 aliphatic carbocycles. The smallest absolute Gasteiger partial charge is 0.135 e. The van der Waals surface area contributed by atoms with Gasteiger partial charge in [0.1, 0.15) is 18.0 Å². The third-order valence-corrected chi connectivity index (χ3v) is 3.83. The molecular formula is C14H15N5S. The summed E-state index contributed by atoms with van der Waals surface area (Å²) in [7, 11) is 3.91. The Morgan fingerprint density at radius 1 is 1.15 bits per heavy atom. The molecule has 1 N–H and O–H groups in total. The molecule has 2 aromatic heterocycles. The van der Waals surface area contributed by atoms with Crippen LogP contribution in [0.1, 0.15) is 5.01 Å². The molecule has 0 aliphatic heterocycles. The first-order valence-electron chi connectivity index (χ1n) is 6.25. The highest BCUT2D eigenvalue weighted by Crippen LogP contribution is 2.26. The number of nitrogens with one attached hydrogen (secondary N) is 1. The van der Waals surface area contributed by atoms with Crippen molar-refractivity contribution in [3.63, 3.8) is 0 Å². The quantitative estimate of drug-likeness (QED) is 0.801. The van der Waals surface area contributed by atoms with Gasteiger partial charge in [-0.3, -0.25) is 0 Å². The molecule has 0 bridgehead atoms. The summed E-state index contributed by atoms with van der Waals surface area (Å²) in [5.41, 5.74) is 1.99. The maximum absolute atomic E-state index is 4.50. The molecule has 5 nitrogen and oxygen atoms in total. The van der Waals surface area contributed by atoms with Crippen LogP contribution in [0, 0.1) is 6.92 Å². The van der Waals surface area contributed by atoms with Gasteiger partial charge in [-0.1, -0.05) is 0 Å². The molecule has 0 radical (unpaired) electrons. The van der Waals surface area contributed by atoms with Crippen LogP contribution in [0.5, 0.6) is 0 Å². The largest absolute Gasteiger partial charge is 0.363 e. The van der Waals surface area contributed by atoms with E-state index in [4.69, 9.17) is 0 Å². The van der Waals surface area contributed by atoms with Crippen LogP contribution in [0.25, 0.3) is 10.2 Å². The van der Waals surface area contributed by atoms with Crippen LogP contribution >= 0.6 is 11.3 Å². The average Bonchev–Trinajstić information content (AvgIpc) is 2.78. The van der Waals surface area contributed by atoms with E-state index >= 15 is 0 Å². The molecule has 0 atom stereocenters. The molecule has 0 spiro atoms. The summed E-state index contributed by atoms with van der Waals surface area (Å²) in [5.74, 6) is 1.64. The number of hydrogen-bond acceptors (Lipinski definition) is 6. The summed E-state index contributed by atoms with van der Waals surface area (Å²) in [6.45, 7) is 2.02. The number of aryl methyl sites for hydroxylation is 1.